The third kappa shape index (κ3) is 7.27. The number of amides is 1. The highest BCUT2D eigenvalue weighted by molar-refractivity contribution is 7.99. The van der Waals surface area contributed by atoms with E-state index >= 15 is 0 Å². The number of rotatable bonds is 11. The molecule has 3 N–H and O–H groups in total. The smallest absolute Gasteiger partial charge is 0.230 e. The molecule has 2 rings (SSSR count). The SMILES string of the molecule is Cc1cccc(C)c1OCc1nnc(SCC(=O)NC(C)CCCC(C)C)n1N. The molecule has 1 heterocycles. The van der Waals surface area contributed by atoms with Crippen molar-refractivity contribution >= 4 is 17.7 Å². The molecule has 0 spiro atoms. The lowest BCUT2D eigenvalue weighted by Gasteiger charge is -2.14. The van der Waals surface area contributed by atoms with E-state index in [4.69, 9.17) is 10.6 Å². The molecule has 0 aliphatic carbocycles. The first-order valence-corrected chi connectivity index (χ1v) is 11.1. The second-order valence-electron chi connectivity index (χ2n) is 7.86. The Bertz CT molecular complexity index is 786. The number of nitrogens with one attached hydrogen (secondary N) is 1. The number of carbonyl (C=O) groups is 1. The number of nitrogen functional groups attached to an aromatic ring is 1. The number of hydrogen-bond acceptors (Lipinski definition) is 6. The van der Waals surface area contributed by atoms with Crippen molar-refractivity contribution in [3.8, 4) is 5.75 Å². The second kappa shape index (κ2) is 11.1. The van der Waals surface area contributed by atoms with Gasteiger partial charge >= 0.3 is 0 Å². The lowest BCUT2D eigenvalue weighted by molar-refractivity contribution is -0.119. The Morgan fingerprint density at radius 1 is 1.21 bits per heavy atom. The maximum atomic E-state index is 12.2. The van der Waals surface area contributed by atoms with Crippen molar-refractivity contribution in [2.24, 2.45) is 5.92 Å². The first-order valence-electron chi connectivity index (χ1n) is 10.1. The van der Waals surface area contributed by atoms with Gasteiger partial charge in [0.05, 0.1) is 5.75 Å². The molecule has 7 nitrogen and oxygen atoms in total. The van der Waals surface area contributed by atoms with Crippen LogP contribution in [0.2, 0.25) is 0 Å². The van der Waals surface area contributed by atoms with Crippen LogP contribution in [0.3, 0.4) is 0 Å². The van der Waals surface area contributed by atoms with E-state index in [9.17, 15) is 4.79 Å². The fourth-order valence-electron chi connectivity index (χ4n) is 3.02. The zero-order valence-electron chi connectivity index (χ0n) is 18.1. The number of hydrogen-bond donors (Lipinski definition) is 2. The lowest BCUT2D eigenvalue weighted by Crippen LogP contribution is -2.34. The third-order valence-corrected chi connectivity index (χ3v) is 5.59. The van der Waals surface area contributed by atoms with Crippen LogP contribution in [0.5, 0.6) is 5.75 Å². The molecule has 2 aromatic rings. The first-order chi connectivity index (χ1) is 13.8. The van der Waals surface area contributed by atoms with E-state index in [0.717, 1.165) is 29.7 Å². The molecule has 0 aliphatic heterocycles. The molecule has 1 aromatic heterocycles. The molecule has 0 radical (unpaired) electrons. The highest BCUT2D eigenvalue weighted by Crippen LogP contribution is 2.23. The zero-order chi connectivity index (χ0) is 21.4. The number of nitrogens with zero attached hydrogens (tertiary/aromatic N) is 3. The number of nitrogens with two attached hydrogens (primary N) is 1. The maximum absolute atomic E-state index is 12.2. The number of aryl methyl sites for hydroxylation is 2. The summed E-state index contributed by atoms with van der Waals surface area (Å²) in [6.07, 6.45) is 3.28. The van der Waals surface area contributed by atoms with Crippen molar-refractivity contribution in [3.05, 3.63) is 35.2 Å². The minimum atomic E-state index is -0.0246. The Morgan fingerprint density at radius 3 is 2.55 bits per heavy atom. The number of benzene rings is 1. The van der Waals surface area contributed by atoms with Crippen molar-refractivity contribution in [2.75, 3.05) is 11.6 Å². The Kier molecular flexibility index (Phi) is 8.82. The number of para-hydroxylation sites is 1. The van der Waals surface area contributed by atoms with Gasteiger partial charge in [0.2, 0.25) is 11.1 Å². The van der Waals surface area contributed by atoms with Gasteiger partial charge in [0, 0.05) is 6.04 Å². The summed E-state index contributed by atoms with van der Waals surface area (Å²) in [6, 6.07) is 6.16. The molecule has 1 atom stereocenters. The molecule has 0 aliphatic rings. The predicted octanol–water partition coefficient (Wildman–Crippen LogP) is 3.61. The van der Waals surface area contributed by atoms with E-state index in [1.54, 1.807) is 0 Å². The standard InChI is InChI=1S/C21H33N5O2S/c1-14(2)8-6-11-17(5)23-19(27)13-29-21-25-24-18(26(21)22)12-28-20-15(3)9-7-10-16(20)4/h7,9-10,14,17H,6,8,11-13,22H2,1-5H3,(H,23,27). The number of ether oxygens (including phenoxy) is 1. The van der Waals surface area contributed by atoms with E-state index in [-0.39, 0.29) is 24.3 Å². The molecule has 0 bridgehead atoms. The summed E-state index contributed by atoms with van der Waals surface area (Å²) < 4.78 is 7.27. The Hall–Kier alpha value is -2.22. The number of thioether (sulfide) groups is 1. The summed E-state index contributed by atoms with van der Waals surface area (Å²) in [7, 11) is 0. The summed E-state index contributed by atoms with van der Waals surface area (Å²) in [4.78, 5) is 12.2. The van der Waals surface area contributed by atoms with Crippen LogP contribution in [0.15, 0.2) is 23.4 Å². The average molecular weight is 420 g/mol. The van der Waals surface area contributed by atoms with Gasteiger partial charge in [-0.1, -0.05) is 56.7 Å². The van der Waals surface area contributed by atoms with Crippen LogP contribution >= 0.6 is 11.8 Å². The van der Waals surface area contributed by atoms with E-state index < -0.39 is 0 Å². The largest absolute Gasteiger partial charge is 0.485 e. The Balaban J connectivity index is 1.81. The molecule has 0 fully saturated rings. The molecule has 1 amide bonds. The summed E-state index contributed by atoms with van der Waals surface area (Å²) in [5.41, 5.74) is 2.11. The quantitative estimate of drug-likeness (QED) is 0.427. The van der Waals surface area contributed by atoms with Crippen molar-refractivity contribution in [2.45, 2.75) is 71.7 Å². The van der Waals surface area contributed by atoms with Crippen LogP contribution in [0.25, 0.3) is 0 Å². The molecule has 1 unspecified atom stereocenters. The van der Waals surface area contributed by atoms with Gasteiger partial charge in [0.25, 0.3) is 0 Å². The predicted molar refractivity (Wildman–Crippen MR) is 117 cm³/mol. The fraction of sp³-hybridized carbons (Fsp3) is 0.571. The molecule has 160 valence electrons. The molecular weight excluding hydrogens is 386 g/mol. The second-order valence-corrected chi connectivity index (χ2v) is 8.80. The van der Waals surface area contributed by atoms with Gasteiger partial charge in [-0.2, -0.15) is 0 Å². The van der Waals surface area contributed by atoms with Crippen molar-refractivity contribution in [1.29, 1.82) is 0 Å². The third-order valence-electron chi connectivity index (χ3n) is 4.65. The topological polar surface area (TPSA) is 95.1 Å². The molecule has 0 saturated carbocycles. The van der Waals surface area contributed by atoms with Crippen LogP contribution in [0.4, 0.5) is 0 Å². The van der Waals surface area contributed by atoms with E-state index in [1.165, 1.54) is 22.9 Å². The Morgan fingerprint density at radius 2 is 1.90 bits per heavy atom. The van der Waals surface area contributed by atoms with Gasteiger partial charge in [-0.25, -0.2) is 4.68 Å². The van der Waals surface area contributed by atoms with Crippen LogP contribution in [0, 0.1) is 19.8 Å². The summed E-state index contributed by atoms with van der Waals surface area (Å²) in [5, 5.41) is 11.7. The van der Waals surface area contributed by atoms with Crippen LogP contribution in [-0.4, -0.2) is 32.6 Å². The van der Waals surface area contributed by atoms with Gasteiger partial charge in [0.15, 0.2) is 5.82 Å². The van der Waals surface area contributed by atoms with Gasteiger partial charge in [-0.15, -0.1) is 10.2 Å². The summed E-state index contributed by atoms with van der Waals surface area (Å²) in [6.45, 7) is 10.7. The van der Waals surface area contributed by atoms with Crippen LogP contribution < -0.4 is 15.9 Å². The number of carbonyl (C=O) groups excluding carboxylic acids is 1. The van der Waals surface area contributed by atoms with Crippen molar-refractivity contribution in [3.63, 3.8) is 0 Å². The molecule has 29 heavy (non-hydrogen) atoms. The minimum Gasteiger partial charge on any atom is -0.485 e. The lowest BCUT2D eigenvalue weighted by atomic mass is 10.0. The van der Waals surface area contributed by atoms with E-state index in [2.05, 4.69) is 29.4 Å². The van der Waals surface area contributed by atoms with Gasteiger partial charge in [0.1, 0.15) is 12.4 Å². The first kappa shape index (κ1) is 23.1. The minimum absolute atomic E-state index is 0.0246. The normalized spacial score (nSPS) is 12.2. The highest BCUT2D eigenvalue weighted by Gasteiger charge is 2.15. The van der Waals surface area contributed by atoms with Crippen molar-refractivity contribution < 1.29 is 9.53 Å². The van der Waals surface area contributed by atoms with E-state index in [0.29, 0.717) is 16.9 Å². The number of aromatic nitrogens is 3. The Labute approximate surface area is 177 Å². The molecule has 1 aromatic carbocycles. The molecule has 8 heteroatoms. The van der Waals surface area contributed by atoms with Gasteiger partial charge in [-0.05, 0) is 44.2 Å². The summed E-state index contributed by atoms with van der Waals surface area (Å²) in [5.74, 6) is 8.34. The maximum Gasteiger partial charge on any atom is 0.230 e. The molecular formula is C21H33N5O2S. The van der Waals surface area contributed by atoms with Crippen LogP contribution in [0.1, 0.15) is 57.0 Å². The van der Waals surface area contributed by atoms with Crippen molar-refractivity contribution in [1.82, 2.24) is 20.2 Å². The van der Waals surface area contributed by atoms with Crippen LogP contribution in [-0.2, 0) is 11.4 Å². The zero-order valence-corrected chi connectivity index (χ0v) is 18.9. The summed E-state index contributed by atoms with van der Waals surface area (Å²) >= 11 is 1.27. The van der Waals surface area contributed by atoms with E-state index in [1.807, 2.05) is 39.0 Å². The average Bonchev–Trinajstić information content (AvgIpc) is 2.99. The van der Waals surface area contributed by atoms with Gasteiger partial charge in [-0.3, -0.25) is 4.79 Å². The highest BCUT2D eigenvalue weighted by atomic mass is 32.2. The monoisotopic (exact) mass is 419 g/mol. The van der Waals surface area contributed by atoms with Gasteiger partial charge < -0.3 is 15.9 Å². The fourth-order valence-corrected chi connectivity index (χ4v) is 3.71. The molecule has 0 saturated heterocycles.